The largest absolute Gasteiger partial charge is 0.379 e. The Balaban J connectivity index is 2.02. The molecule has 0 spiro atoms. The number of benzene rings is 1. The summed E-state index contributed by atoms with van der Waals surface area (Å²) in [5.41, 5.74) is 2.85. The predicted octanol–water partition coefficient (Wildman–Crippen LogP) is 2.41. The van der Waals surface area contributed by atoms with Crippen LogP contribution in [0.4, 0.5) is 0 Å². The molecule has 1 unspecified atom stereocenters. The van der Waals surface area contributed by atoms with E-state index < -0.39 is 0 Å². The quantitative estimate of drug-likeness (QED) is 0.882. The van der Waals surface area contributed by atoms with Crippen LogP contribution in [0.15, 0.2) is 24.3 Å². The number of morpholine rings is 1. The number of hydrogen-bond donors (Lipinski definition) is 1. The molecular formula is C16H26N2O. The molecule has 106 valence electrons. The lowest BCUT2D eigenvalue weighted by molar-refractivity contribution is -0.00448. The first kappa shape index (κ1) is 14.5. The third-order valence-electron chi connectivity index (χ3n) is 3.70. The number of ether oxygens (including phenoxy) is 1. The lowest BCUT2D eigenvalue weighted by atomic mass is 10.1. The minimum atomic E-state index is 0.514. The van der Waals surface area contributed by atoms with Crippen LogP contribution in [0.25, 0.3) is 0 Å². The molecule has 1 atom stereocenters. The maximum Gasteiger partial charge on any atom is 0.0619 e. The molecule has 1 aliphatic heterocycles. The van der Waals surface area contributed by atoms with E-state index in [1.807, 2.05) is 0 Å². The number of nitrogens with one attached hydrogen (secondary N) is 1. The zero-order valence-electron chi connectivity index (χ0n) is 12.4. The van der Waals surface area contributed by atoms with Crippen molar-refractivity contribution in [2.24, 2.45) is 0 Å². The molecule has 1 aromatic rings. The van der Waals surface area contributed by atoms with Gasteiger partial charge in [-0.3, -0.25) is 4.90 Å². The summed E-state index contributed by atoms with van der Waals surface area (Å²) in [5, 5.41) is 3.51. The minimum Gasteiger partial charge on any atom is -0.379 e. The second-order valence-corrected chi connectivity index (χ2v) is 5.70. The Kier molecular flexibility index (Phi) is 5.37. The highest BCUT2D eigenvalue weighted by Gasteiger charge is 2.19. The fourth-order valence-corrected chi connectivity index (χ4v) is 2.41. The van der Waals surface area contributed by atoms with E-state index in [0.717, 1.165) is 32.8 Å². The van der Waals surface area contributed by atoms with Crippen molar-refractivity contribution in [3.05, 3.63) is 35.4 Å². The topological polar surface area (TPSA) is 24.5 Å². The van der Waals surface area contributed by atoms with Crippen molar-refractivity contribution >= 4 is 0 Å². The summed E-state index contributed by atoms with van der Waals surface area (Å²) in [4.78, 5) is 2.51. The molecule has 1 aromatic carbocycles. The third kappa shape index (κ3) is 4.30. The van der Waals surface area contributed by atoms with Crippen LogP contribution in [0, 0.1) is 0 Å². The molecule has 0 saturated carbocycles. The van der Waals surface area contributed by atoms with Crippen molar-refractivity contribution in [2.45, 2.75) is 45.9 Å². The lowest BCUT2D eigenvalue weighted by Gasteiger charge is -2.33. The van der Waals surface area contributed by atoms with Gasteiger partial charge in [0.05, 0.1) is 13.2 Å². The molecule has 1 heterocycles. The maximum atomic E-state index is 5.50. The first-order chi connectivity index (χ1) is 9.16. The predicted molar refractivity (Wildman–Crippen MR) is 79.1 cm³/mol. The van der Waals surface area contributed by atoms with Crippen LogP contribution in [0.5, 0.6) is 0 Å². The SMILES string of the molecule is CC(C)NCc1ccccc1CN1CCOCC1C. The summed E-state index contributed by atoms with van der Waals surface area (Å²) in [5.74, 6) is 0. The molecule has 0 radical (unpaired) electrons. The molecule has 1 N–H and O–H groups in total. The van der Waals surface area contributed by atoms with Gasteiger partial charge in [0.1, 0.15) is 0 Å². The summed E-state index contributed by atoms with van der Waals surface area (Å²) < 4.78 is 5.50. The van der Waals surface area contributed by atoms with Crippen LogP contribution < -0.4 is 5.32 Å². The van der Waals surface area contributed by atoms with Gasteiger partial charge in [-0.1, -0.05) is 38.1 Å². The summed E-state index contributed by atoms with van der Waals surface area (Å²) >= 11 is 0. The normalized spacial score (nSPS) is 20.9. The van der Waals surface area contributed by atoms with Crippen LogP contribution in [-0.2, 0) is 17.8 Å². The fraction of sp³-hybridized carbons (Fsp3) is 0.625. The second-order valence-electron chi connectivity index (χ2n) is 5.70. The van der Waals surface area contributed by atoms with Crippen molar-refractivity contribution < 1.29 is 4.74 Å². The number of rotatable bonds is 5. The standard InChI is InChI=1S/C16H26N2O/c1-13(2)17-10-15-6-4-5-7-16(15)11-18-8-9-19-12-14(18)3/h4-7,13-14,17H,8-12H2,1-3H3. The highest BCUT2D eigenvalue weighted by Crippen LogP contribution is 2.15. The fourth-order valence-electron chi connectivity index (χ4n) is 2.41. The van der Waals surface area contributed by atoms with E-state index in [9.17, 15) is 0 Å². The van der Waals surface area contributed by atoms with E-state index in [-0.39, 0.29) is 0 Å². The Bertz CT molecular complexity index is 392. The van der Waals surface area contributed by atoms with Crippen LogP contribution >= 0.6 is 0 Å². The first-order valence-corrected chi connectivity index (χ1v) is 7.28. The van der Waals surface area contributed by atoms with Crippen molar-refractivity contribution in [3.8, 4) is 0 Å². The Morgan fingerprint density at radius 3 is 2.74 bits per heavy atom. The molecule has 1 aliphatic rings. The van der Waals surface area contributed by atoms with Crippen LogP contribution in [0.2, 0.25) is 0 Å². The van der Waals surface area contributed by atoms with E-state index in [0.29, 0.717) is 12.1 Å². The van der Waals surface area contributed by atoms with Crippen molar-refractivity contribution in [3.63, 3.8) is 0 Å². The van der Waals surface area contributed by atoms with E-state index >= 15 is 0 Å². The highest BCUT2D eigenvalue weighted by molar-refractivity contribution is 5.27. The molecule has 1 fully saturated rings. The molecule has 0 aromatic heterocycles. The zero-order chi connectivity index (χ0) is 13.7. The molecule has 1 saturated heterocycles. The molecular weight excluding hydrogens is 236 g/mol. The van der Waals surface area contributed by atoms with Gasteiger partial charge in [-0.25, -0.2) is 0 Å². The maximum absolute atomic E-state index is 5.50. The summed E-state index contributed by atoms with van der Waals surface area (Å²) in [6.07, 6.45) is 0. The Hall–Kier alpha value is -0.900. The second kappa shape index (κ2) is 7.04. The molecule has 3 heteroatoms. The van der Waals surface area contributed by atoms with Gasteiger partial charge >= 0.3 is 0 Å². The van der Waals surface area contributed by atoms with Gasteiger partial charge in [-0.05, 0) is 18.1 Å². The number of hydrogen-bond acceptors (Lipinski definition) is 3. The molecule has 2 rings (SSSR count). The lowest BCUT2D eigenvalue weighted by Crippen LogP contribution is -2.43. The molecule has 19 heavy (non-hydrogen) atoms. The molecule has 0 amide bonds. The summed E-state index contributed by atoms with van der Waals surface area (Å²) in [6.45, 7) is 11.3. The smallest absolute Gasteiger partial charge is 0.0619 e. The first-order valence-electron chi connectivity index (χ1n) is 7.28. The summed E-state index contributed by atoms with van der Waals surface area (Å²) in [6, 6.07) is 9.79. The Morgan fingerprint density at radius 1 is 1.32 bits per heavy atom. The van der Waals surface area contributed by atoms with Gasteiger partial charge in [0.25, 0.3) is 0 Å². The average molecular weight is 262 g/mol. The monoisotopic (exact) mass is 262 g/mol. The Morgan fingerprint density at radius 2 is 2.05 bits per heavy atom. The highest BCUT2D eigenvalue weighted by atomic mass is 16.5. The van der Waals surface area contributed by atoms with Crippen LogP contribution in [-0.4, -0.2) is 36.7 Å². The van der Waals surface area contributed by atoms with Crippen molar-refractivity contribution in [1.29, 1.82) is 0 Å². The van der Waals surface area contributed by atoms with Crippen LogP contribution in [0.3, 0.4) is 0 Å². The Labute approximate surface area is 116 Å². The van der Waals surface area contributed by atoms with Gasteiger partial charge in [0.2, 0.25) is 0 Å². The number of nitrogens with zero attached hydrogens (tertiary/aromatic N) is 1. The third-order valence-corrected chi connectivity index (χ3v) is 3.70. The van der Waals surface area contributed by atoms with E-state index in [1.165, 1.54) is 11.1 Å². The van der Waals surface area contributed by atoms with Gasteiger partial charge in [0.15, 0.2) is 0 Å². The van der Waals surface area contributed by atoms with E-state index in [2.05, 4.69) is 55.3 Å². The average Bonchev–Trinajstić information content (AvgIpc) is 2.40. The van der Waals surface area contributed by atoms with Gasteiger partial charge in [-0.15, -0.1) is 0 Å². The molecule has 3 nitrogen and oxygen atoms in total. The van der Waals surface area contributed by atoms with Crippen molar-refractivity contribution in [1.82, 2.24) is 10.2 Å². The van der Waals surface area contributed by atoms with Gasteiger partial charge < -0.3 is 10.1 Å². The van der Waals surface area contributed by atoms with Crippen molar-refractivity contribution in [2.75, 3.05) is 19.8 Å². The molecule has 0 bridgehead atoms. The van der Waals surface area contributed by atoms with Crippen LogP contribution in [0.1, 0.15) is 31.9 Å². The zero-order valence-corrected chi connectivity index (χ0v) is 12.4. The minimum absolute atomic E-state index is 0.514. The van der Waals surface area contributed by atoms with E-state index in [1.54, 1.807) is 0 Å². The summed E-state index contributed by atoms with van der Waals surface area (Å²) in [7, 11) is 0. The van der Waals surface area contributed by atoms with Gasteiger partial charge in [0, 0.05) is 31.7 Å². The van der Waals surface area contributed by atoms with E-state index in [4.69, 9.17) is 4.74 Å². The molecule has 0 aliphatic carbocycles. The van der Waals surface area contributed by atoms with Gasteiger partial charge in [-0.2, -0.15) is 0 Å².